The van der Waals surface area contributed by atoms with Crippen LogP contribution in [0.3, 0.4) is 0 Å². The summed E-state index contributed by atoms with van der Waals surface area (Å²) in [6.45, 7) is 5.65. The van der Waals surface area contributed by atoms with Crippen LogP contribution in [0, 0.1) is 0 Å². The number of azo groups is 1. The summed E-state index contributed by atoms with van der Waals surface area (Å²) in [5, 5.41) is 10.8. The summed E-state index contributed by atoms with van der Waals surface area (Å²) in [6, 6.07) is 6.75. The van der Waals surface area contributed by atoms with Gasteiger partial charge in [-0.25, -0.2) is 0 Å². The fraction of sp³-hybridized carbons (Fsp3) is 0.364. The molecule has 1 N–H and O–H groups in total. The van der Waals surface area contributed by atoms with Gasteiger partial charge in [-0.1, -0.05) is 17.7 Å². The molecule has 1 atom stereocenters. The zero-order chi connectivity index (χ0) is 23.7. The number of anilines is 1. The highest BCUT2D eigenvalue weighted by atomic mass is 35.5. The lowest BCUT2D eigenvalue weighted by molar-refractivity contribution is -0.126. The molecule has 0 heterocycles. The van der Waals surface area contributed by atoms with Crippen molar-refractivity contribution in [3.63, 3.8) is 0 Å². The second kappa shape index (κ2) is 11.9. The van der Waals surface area contributed by atoms with E-state index in [9.17, 15) is 9.59 Å². The number of halogens is 1. The van der Waals surface area contributed by atoms with Gasteiger partial charge in [0, 0.05) is 12.1 Å². The number of benzene rings is 2. The van der Waals surface area contributed by atoms with Gasteiger partial charge in [0.2, 0.25) is 6.04 Å². The number of carbonyl (C=O) groups is 2. The van der Waals surface area contributed by atoms with Crippen LogP contribution in [0.1, 0.15) is 20.8 Å². The Kier molecular flexibility index (Phi) is 9.27. The van der Waals surface area contributed by atoms with E-state index >= 15 is 0 Å². The van der Waals surface area contributed by atoms with Crippen LogP contribution in [0.4, 0.5) is 11.4 Å². The van der Waals surface area contributed by atoms with Crippen LogP contribution in [-0.4, -0.2) is 45.2 Å². The maximum atomic E-state index is 12.9. The lowest BCUT2D eigenvalue weighted by Crippen LogP contribution is -2.32. The predicted octanol–water partition coefficient (Wildman–Crippen LogP) is 4.83. The maximum Gasteiger partial charge on any atom is 0.258 e. The Hall–Kier alpha value is -3.33. The SMILES string of the molecule is CCOc1cc(Cl)c(NC(=O)C(N=Nc2cccc(OC)c2OC)C(C)=O)c(OCC)c1. The molecular weight excluding hydrogens is 438 g/mol. The third-order valence-corrected chi connectivity index (χ3v) is 4.48. The number of rotatable bonds is 11. The van der Waals surface area contributed by atoms with Gasteiger partial charge in [-0.05, 0) is 32.9 Å². The normalized spacial score (nSPS) is 11.7. The molecule has 1 unspecified atom stereocenters. The van der Waals surface area contributed by atoms with Crippen LogP contribution in [-0.2, 0) is 9.59 Å². The average molecular weight is 464 g/mol. The highest BCUT2D eigenvalue weighted by Gasteiger charge is 2.26. The number of hydrogen-bond donors (Lipinski definition) is 1. The van der Waals surface area contributed by atoms with Gasteiger partial charge in [0.1, 0.15) is 22.9 Å². The van der Waals surface area contributed by atoms with Crippen LogP contribution in [0.25, 0.3) is 0 Å². The first-order valence-electron chi connectivity index (χ1n) is 9.88. The van der Waals surface area contributed by atoms with Crippen molar-refractivity contribution in [2.24, 2.45) is 10.2 Å². The van der Waals surface area contributed by atoms with Crippen LogP contribution in [0.2, 0.25) is 5.02 Å². The minimum absolute atomic E-state index is 0.196. The molecule has 0 aliphatic heterocycles. The molecule has 2 aromatic carbocycles. The van der Waals surface area contributed by atoms with E-state index in [2.05, 4.69) is 15.5 Å². The van der Waals surface area contributed by atoms with E-state index in [1.54, 1.807) is 37.3 Å². The quantitative estimate of drug-likeness (QED) is 0.377. The van der Waals surface area contributed by atoms with E-state index < -0.39 is 17.7 Å². The molecule has 0 aromatic heterocycles. The lowest BCUT2D eigenvalue weighted by atomic mass is 10.2. The van der Waals surface area contributed by atoms with E-state index in [-0.39, 0.29) is 10.7 Å². The largest absolute Gasteiger partial charge is 0.494 e. The number of para-hydroxylation sites is 1. The number of ketones is 1. The van der Waals surface area contributed by atoms with Gasteiger partial charge in [0.05, 0.1) is 32.5 Å². The molecular formula is C22H26ClN3O6. The Morgan fingerprint density at radius 1 is 1.06 bits per heavy atom. The molecule has 0 radical (unpaired) electrons. The Balaban J connectivity index is 2.34. The maximum absolute atomic E-state index is 12.9. The summed E-state index contributed by atoms with van der Waals surface area (Å²) in [5.41, 5.74) is 0.516. The van der Waals surface area contributed by atoms with Crippen molar-refractivity contribution < 1.29 is 28.5 Å². The number of nitrogens with zero attached hydrogens (tertiary/aromatic N) is 2. The molecule has 0 fully saturated rings. The van der Waals surface area contributed by atoms with E-state index in [1.807, 2.05) is 6.92 Å². The molecule has 9 nitrogen and oxygen atoms in total. The second-order valence-corrected chi connectivity index (χ2v) is 6.78. The van der Waals surface area contributed by atoms with Gasteiger partial charge in [0.15, 0.2) is 17.3 Å². The minimum atomic E-state index is -1.41. The Morgan fingerprint density at radius 3 is 2.38 bits per heavy atom. The first kappa shape index (κ1) is 24.9. The van der Waals surface area contributed by atoms with Crippen LogP contribution in [0.5, 0.6) is 23.0 Å². The summed E-state index contributed by atoms with van der Waals surface area (Å²) >= 11 is 6.34. The fourth-order valence-electron chi connectivity index (χ4n) is 2.78. The van der Waals surface area contributed by atoms with Crippen LogP contribution < -0.4 is 24.3 Å². The van der Waals surface area contributed by atoms with Gasteiger partial charge >= 0.3 is 0 Å². The Morgan fingerprint density at radius 2 is 1.78 bits per heavy atom. The highest BCUT2D eigenvalue weighted by Crippen LogP contribution is 2.38. The summed E-state index contributed by atoms with van der Waals surface area (Å²) in [5.74, 6) is 0.352. The first-order chi connectivity index (χ1) is 15.4. The third kappa shape index (κ3) is 6.10. The van der Waals surface area contributed by atoms with Crippen molar-refractivity contribution >= 4 is 34.7 Å². The molecule has 172 valence electrons. The topological polar surface area (TPSA) is 108 Å². The lowest BCUT2D eigenvalue weighted by Gasteiger charge is -2.16. The molecule has 1 amide bonds. The average Bonchev–Trinajstić information content (AvgIpc) is 2.76. The van der Waals surface area contributed by atoms with E-state index in [1.165, 1.54) is 21.1 Å². The van der Waals surface area contributed by atoms with Gasteiger partial charge in [-0.15, -0.1) is 0 Å². The van der Waals surface area contributed by atoms with Crippen molar-refractivity contribution in [1.82, 2.24) is 0 Å². The Labute approximate surface area is 191 Å². The van der Waals surface area contributed by atoms with E-state index in [0.717, 1.165) is 0 Å². The summed E-state index contributed by atoms with van der Waals surface area (Å²) in [6.07, 6.45) is 0. The van der Waals surface area contributed by atoms with Gasteiger partial charge in [-0.2, -0.15) is 10.2 Å². The van der Waals surface area contributed by atoms with Gasteiger partial charge < -0.3 is 24.3 Å². The zero-order valence-corrected chi connectivity index (χ0v) is 19.4. The monoisotopic (exact) mass is 463 g/mol. The molecule has 2 aromatic rings. The number of nitrogens with one attached hydrogen (secondary N) is 1. The van der Waals surface area contributed by atoms with Gasteiger partial charge in [0.25, 0.3) is 5.91 Å². The fourth-order valence-corrected chi connectivity index (χ4v) is 3.03. The standard InChI is InChI=1S/C22H26ClN3O6/c1-6-31-14-11-15(23)20(18(12-14)32-7-2)24-22(28)19(13(3)27)26-25-16-9-8-10-17(29-4)21(16)30-5/h8-12,19H,6-7H2,1-5H3,(H,24,28). The summed E-state index contributed by atoms with van der Waals surface area (Å²) < 4.78 is 21.6. The number of ether oxygens (including phenoxy) is 4. The van der Waals surface area contributed by atoms with Crippen molar-refractivity contribution in [3.8, 4) is 23.0 Å². The smallest absolute Gasteiger partial charge is 0.258 e. The first-order valence-corrected chi connectivity index (χ1v) is 10.3. The molecule has 2 rings (SSSR count). The molecule has 0 spiro atoms. The summed E-state index contributed by atoms with van der Waals surface area (Å²) in [7, 11) is 2.94. The van der Waals surface area contributed by atoms with E-state index in [0.29, 0.717) is 41.9 Å². The van der Waals surface area contributed by atoms with Crippen molar-refractivity contribution in [3.05, 3.63) is 35.4 Å². The molecule has 0 aliphatic carbocycles. The minimum Gasteiger partial charge on any atom is -0.494 e. The third-order valence-electron chi connectivity index (χ3n) is 4.18. The molecule has 0 aliphatic rings. The van der Waals surface area contributed by atoms with Gasteiger partial charge in [-0.3, -0.25) is 9.59 Å². The highest BCUT2D eigenvalue weighted by molar-refractivity contribution is 6.34. The van der Waals surface area contributed by atoms with Crippen LogP contribution in [0.15, 0.2) is 40.6 Å². The zero-order valence-electron chi connectivity index (χ0n) is 18.6. The number of Topliss-reactive ketones (excluding diaryl/α,β-unsaturated/α-hetero) is 1. The number of methoxy groups -OCH3 is 2. The van der Waals surface area contributed by atoms with E-state index in [4.69, 9.17) is 30.5 Å². The Bertz CT molecular complexity index is 996. The molecule has 0 bridgehead atoms. The number of hydrogen-bond acceptors (Lipinski definition) is 8. The molecule has 32 heavy (non-hydrogen) atoms. The van der Waals surface area contributed by atoms with Crippen molar-refractivity contribution in [2.75, 3.05) is 32.8 Å². The van der Waals surface area contributed by atoms with Crippen molar-refractivity contribution in [2.45, 2.75) is 26.8 Å². The predicted molar refractivity (Wildman–Crippen MR) is 121 cm³/mol. The summed E-state index contributed by atoms with van der Waals surface area (Å²) in [4.78, 5) is 25.0. The van der Waals surface area contributed by atoms with Crippen molar-refractivity contribution in [1.29, 1.82) is 0 Å². The molecule has 0 saturated carbocycles. The number of amides is 1. The van der Waals surface area contributed by atoms with Crippen LogP contribution >= 0.6 is 11.6 Å². The molecule has 0 saturated heterocycles. The molecule has 10 heteroatoms. The number of carbonyl (C=O) groups excluding carboxylic acids is 2. The second-order valence-electron chi connectivity index (χ2n) is 6.37.